The average molecular weight is 167 g/mol. The summed E-state index contributed by atoms with van der Waals surface area (Å²) in [7, 11) is 0. The second kappa shape index (κ2) is 2.04. The van der Waals surface area contributed by atoms with Crippen LogP contribution < -0.4 is 0 Å². The highest BCUT2D eigenvalue weighted by Crippen LogP contribution is 2.64. The van der Waals surface area contributed by atoms with E-state index in [2.05, 4.69) is 25.9 Å². The van der Waals surface area contributed by atoms with Crippen molar-refractivity contribution in [3.63, 3.8) is 0 Å². The maximum atomic E-state index is 8.82. The quantitative estimate of drug-likeness (QED) is 0.436. The molecule has 0 amide bonds. The maximum absolute atomic E-state index is 8.82. The van der Waals surface area contributed by atoms with Crippen LogP contribution in [0.3, 0.4) is 0 Å². The highest BCUT2D eigenvalue weighted by atomic mass is 16.4. The Morgan fingerprint density at radius 2 is 2.08 bits per heavy atom. The predicted octanol–water partition coefficient (Wildman–Crippen LogP) is 2.66. The highest BCUT2D eigenvalue weighted by Gasteiger charge is 2.59. The summed E-state index contributed by atoms with van der Waals surface area (Å²) in [5, 5.41) is 12.3. The fourth-order valence-corrected chi connectivity index (χ4v) is 3.09. The number of rotatable bonds is 0. The molecule has 0 spiro atoms. The van der Waals surface area contributed by atoms with E-state index >= 15 is 0 Å². The Labute approximate surface area is 73.7 Å². The van der Waals surface area contributed by atoms with E-state index in [1.165, 1.54) is 12.8 Å². The number of nitrogens with zero attached hydrogens (tertiary/aromatic N) is 1. The zero-order valence-corrected chi connectivity index (χ0v) is 8.09. The standard InChI is InChI=1S/C10H17NO/c1-9(2)7-4-5-10(9,3)6-8(7)11-12/h7,12H,4-6H2,1-3H3. The second-order valence-corrected chi connectivity index (χ2v) is 5.14. The highest BCUT2D eigenvalue weighted by molar-refractivity contribution is 5.91. The van der Waals surface area contributed by atoms with E-state index in [1.807, 2.05) is 0 Å². The molecule has 2 nitrogen and oxygen atoms in total. The molecule has 2 aliphatic carbocycles. The fourth-order valence-electron chi connectivity index (χ4n) is 3.09. The normalized spacial score (nSPS) is 47.2. The Balaban J connectivity index is 2.43. The van der Waals surface area contributed by atoms with Gasteiger partial charge in [0.05, 0.1) is 5.71 Å². The average Bonchev–Trinajstić information content (AvgIpc) is 2.33. The van der Waals surface area contributed by atoms with Gasteiger partial charge in [-0.1, -0.05) is 25.9 Å². The van der Waals surface area contributed by atoms with E-state index in [0.29, 0.717) is 16.7 Å². The van der Waals surface area contributed by atoms with Gasteiger partial charge in [-0.15, -0.1) is 0 Å². The van der Waals surface area contributed by atoms with Gasteiger partial charge >= 0.3 is 0 Å². The lowest BCUT2D eigenvalue weighted by Gasteiger charge is -2.33. The van der Waals surface area contributed by atoms with Crippen LogP contribution in [0.4, 0.5) is 0 Å². The van der Waals surface area contributed by atoms with Gasteiger partial charge in [-0.3, -0.25) is 0 Å². The fraction of sp³-hybridized carbons (Fsp3) is 0.900. The summed E-state index contributed by atoms with van der Waals surface area (Å²) in [6.45, 7) is 6.94. The molecule has 0 heterocycles. The van der Waals surface area contributed by atoms with Crippen molar-refractivity contribution >= 4 is 5.71 Å². The molecule has 2 fully saturated rings. The Morgan fingerprint density at radius 3 is 2.33 bits per heavy atom. The van der Waals surface area contributed by atoms with Crippen molar-refractivity contribution < 1.29 is 5.21 Å². The molecule has 2 heteroatoms. The molecule has 2 saturated carbocycles. The summed E-state index contributed by atoms with van der Waals surface area (Å²) in [5.41, 5.74) is 1.77. The van der Waals surface area contributed by atoms with E-state index in [1.54, 1.807) is 0 Å². The number of hydrogen-bond acceptors (Lipinski definition) is 2. The molecule has 1 N–H and O–H groups in total. The molecule has 0 aliphatic heterocycles. The molecule has 0 aromatic carbocycles. The van der Waals surface area contributed by atoms with Crippen molar-refractivity contribution in [2.24, 2.45) is 21.9 Å². The molecule has 2 unspecified atom stereocenters. The first-order chi connectivity index (χ1) is 5.51. The molecule has 2 bridgehead atoms. The molecule has 68 valence electrons. The first-order valence-corrected chi connectivity index (χ1v) is 4.72. The Morgan fingerprint density at radius 1 is 1.42 bits per heavy atom. The summed E-state index contributed by atoms with van der Waals surface area (Å²) < 4.78 is 0. The minimum Gasteiger partial charge on any atom is -0.411 e. The zero-order chi connectivity index (χ0) is 8.98. The van der Waals surface area contributed by atoms with Crippen LogP contribution in [0.1, 0.15) is 40.0 Å². The molecule has 0 saturated heterocycles. The van der Waals surface area contributed by atoms with Crippen LogP contribution in [0.25, 0.3) is 0 Å². The number of fused-ring (bicyclic) bond motifs is 2. The smallest absolute Gasteiger partial charge is 0.0612 e. The topological polar surface area (TPSA) is 32.6 Å². The second-order valence-electron chi connectivity index (χ2n) is 5.14. The van der Waals surface area contributed by atoms with E-state index < -0.39 is 0 Å². The van der Waals surface area contributed by atoms with Crippen LogP contribution in [0.5, 0.6) is 0 Å². The van der Waals surface area contributed by atoms with Gasteiger partial charge in [-0.2, -0.15) is 0 Å². The van der Waals surface area contributed by atoms with Crippen molar-refractivity contribution in [1.82, 2.24) is 0 Å². The monoisotopic (exact) mass is 167 g/mol. The minimum atomic E-state index is 0.342. The Hall–Kier alpha value is -0.530. The van der Waals surface area contributed by atoms with E-state index in [4.69, 9.17) is 5.21 Å². The molecule has 0 aromatic rings. The van der Waals surface area contributed by atoms with Gasteiger partial charge in [0, 0.05) is 5.92 Å². The molecule has 2 aliphatic rings. The van der Waals surface area contributed by atoms with Crippen LogP contribution in [0, 0.1) is 16.7 Å². The van der Waals surface area contributed by atoms with Gasteiger partial charge in [0.2, 0.25) is 0 Å². The Bertz CT molecular complexity index is 241. The van der Waals surface area contributed by atoms with Gasteiger partial charge in [-0.05, 0) is 30.1 Å². The van der Waals surface area contributed by atoms with Crippen LogP contribution in [0.15, 0.2) is 5.16 Å². The molecule has 2 rings (SSSR count). The van der Waals surface area contributed by atoms with Crippen molar-refractivity contribution in [2.45, 2.75) is 40.0 Å². The summed E-state index contributed by atoms with van der Waals surface area (Å²) in [6, 6.07) is 0. The van der Waals surface area contributed by atoms with E-state index in [9.17, 15) is 0 Å². The summed E-state index contributed by atoms with van der Waals surface area (Å²) >= 11 is 0. The third-order valence-electron chi connectivity index (χ3n) is 4.51. The SMILES string of the molecule is CC12CCC(C(=NO)C1)C2(C)C. The lowest BCUT2D eigenvalue weighted by Crippen LogP contribution is -2.26. The minimum absolute atomic E-state index is 0.342. The third-order valence-corrected chi connectivity index (χ3v) is 4.51. The van der Waals surface area contributed by atoms with Gasteiger partial charge in [-0.25, -0.2) is 0 Å². The van der Waals surface area contributed by atoms with E-state index in [0.717, 1.165) is 12.1 Å². The van der Waals surface area contributed by atoms with Crippen molar-refractivity contribution in [3.05, 3.63) is 0 Å². The van der Waals surface area contributed by atoms with Crippen LogP contribution in [-0.4, -0.2) is 10.9 Å². The summed E-state index contributed by atoms with van der Waals surface area (Å²) in [6.07, 6.45) is 3.51. The summed E-state index contributed by atoms with van der Waals surface area (Å²) in [4.78, 5) is 0. The molecular weight excluding hydrogens is 150 g/mol. The molecule has 2 atom stereocenters. The van der Waals surface area contributed by atoms with Crippen molar-refractivity contribution in [3.8, 4) is 0 Å². The van der Waals surface area contributed by atoms with Gasteiger partial charge in [0.25, 0.3) is 0 Å². The van der Waals surface area contributed by atoms with Gasteiger partial charge in [0.15, 0.2) is 0 Å². The molecule has 12 heavy (non-hydrogen) atoms. The maximum Gasteiger partial charge on any atom is 0.0612 e. The molecular formula is C10H17NO. The van der Waals surface area contributed by atoms with Gasteiger partial charge < -0.3 is 5.21 Å². The summed E-state index contributed by atoms with van der Waals surface area (Å²) in [5.74, 6) is 0.535. The lowest BCUT2D eigenvalue weighted by molar-refractivity contribution is 0.152. The molecule has 0 aromatic heterocycles. The van der Waals surface area contributed by atoms with Crippen molar-refractivity contribution in [2.75, 3.05) is 0 Å². The molecule has 0 radical (unpaired) electrons. The zero-order valence-electron chi connectivity index (χ0n) is 8.09. The first kappa shape index (κ1) is 8.09. The van der Waals surface area contributed by atoms with E-state index in [-0.39, 0.29) is 0 Å². The predicted molar refractivity (Wildman–Crippen MR) is 48.5 cm³/mol. The first-order valence-electron chi connectivity index (χ1n) is 4.72. The van der Waals surface area contributed by atoms with Crippen LogP contribution in [0.2, 0.25) is 0 Å². The van der Waals surface area contributed by atoms with Crippen molar-refractivity contribution in [1.29, 1.82) is 0 Å². The third kappa shape index (κ3) is 0.686. The Kier molecular flexibility index (Phi) is 1.37. The van der Waals surface area contributed by atoms with Crippen LogP contribution >= 0.6 is 0 Å². The lowest BCUT2D eigenvalue weighted by atomic mass is 9.71. The van der Waals surface area contributed by atoms with Crippen LogP contribution in [-0.2, 0) is 0 Å². The number of oxime groups is 1. The number of hydrogen-bond donors (Lipinski definition) is 1. The van der Waals surface area contributed by atoms with Gasteiger partial charge in [0.1, 0.15) is 0 Å². The largest absolute Gasteiger partial charge is 0.411 e.